The first-order chi connectivity index (χ1) is 11.6. The third-order valence-corrected chi connectivity index (χ3v) is 4.90. The van der Waals surface area contributed by atoms with Gasteiger partial charge in [-0.3, -0.25) is 9.52 Å². The average Bonchev–Trinajstić information content (AvgIpc) is 2.88. The highest BCUT2D eigenvalue weighted by Crippen LogP contribution is 2.33. The summed E-state index contributed by atoms with van der Waals surface area (Å²) in [7, 11) is -4.11. The lowest BCUT2D eigenvalue weighted by Gasteiger charge is -2.08. The van der Waals surface area contributed by atoms with Gasteiger partial charge in [0, 0.05) is 23.2 Å². The number of hydrogen-bond acceptors (Lipinski definition) is 3. The van der Waals surface area contributed by atoms with Gasteiger partial charge in [0.15, 0.2) is 0 Å². The maximum Gasteiger partial charge on any atom is 0.416 e. The Bertz CT molecular complexity index is 1110. The van der Waals surface area contributed by atoms with Gasteiger partial charge < -0.3 is 9.97 Å². The quantitative estimate of drug-likeness (QED) is 0.661. The Balaban J connectivity index is 2.04. The summed E-state index contributed by atoms with van der Waals surface area (Å²) in [5, 5.41) is 0.107. The molecule has 3 aromatic rings. The highest BCUT2D eigenvalue weighted by molar-refractivity contribution is 7.93. The third kappa shape index (κ3) is 3.38. The van der Waals surface area contributed by atoms with Crippen LogP contribution < -0.4 is 10.3 Å². The normalized spacial score (nSPS) is 12.5. The molecule has 2 heterocycles. The number of halogens is 3. The largest absolute Gasteiger partial charge is 0.416 e. The van der Waals surface area contributed by atoms with E-state index in [0.717, 1.165) is 24.4 Å². The first-order valence-electron chi connectivity index (χ1n) is 6.98. The second kappa shape index (κ2) is 5.66. The van der Waals surface area contributed by atoms with E-state index < -0.39 is 27.3 Å². The van der Waals surface area contributed by atoms with Crippen LogP contribution in [0.3, 0.4) is 0 Å². The van der Waals surface area contributed by atoms with Crippen LogP contribution in [0.15, 0.2) is 46.2 Å². The molecule has 2 aromatic heterocycles. The van der Waals surface area contributed by atoms with Gasteiger partial charge in [0.05, 0.1) is 5.56 Å². The zero-order valence-corrected chi connectivity index (χ0v) is 13.5. The minimum absolute atomic E-state index is 0.0351. The van der Waals surface area contributed by atoms with E-state index in [9.17, 15) is 26.4 Å². The summed E-state index contributed by atoms with van der Waals surface area (Å²) in [5.41, 5.74) is -0.781. The molecular weight excluding hydrogens is 359 g/mol. The highest BCUT2D eigenvalue weighted by Gasteiger charge is 2.31. The summed E-state index contributed by atoms with van der Waals surface area (Å²) in [6, 6.07) is 5.45. The molecule has 0 saturated heterocycles. The topological polar surface area (TPSA) is 94.8 Å². The van der Waals surface area contributed by atoms with Crippen LogP contribution in [-0.4, -0.2) is 18.4 Å². The van der Waals surface area contributed by atoms with Gasteiger partial charge in [0.2, 0.25) is 5.56 Å². The molecule has 0 unspecified atom stereocenters. The van der Waals surface area contributed by atoms with Crippen molar-refractivity contribution in [2.24, 2.45) is 0 Å². The molecule has 0 aliphatic carbocycles. The number of rotatable bonds is 3. The van der Waals surface area contributed by atoms with Crippen molar-refractivity contribution in [1.82, 2.24) is 9.97 Å². The van der Waals surface area contributed by atoms with Gasteiger partial charge in [0.25, 0.3) is 10.0 Å². The number of hydrogen-bond donors (Lipinski definition) is 3. The number of nitrogens with one attached hydrogen (secondary N) is 3. The summed E-state index contributed by atoms with van der Waals surface area (Å²) in [5.74, 6) is -0.0359. The molecule has 0 fully saturated rings. The molecule has 0 radical (unpaired) electrons. The van der Waals surface area contributed by atoms with E-state index in [4.69, 9.17) is 0 Å². The van der Waals surface area contributed by atoms with Crippen molar-refractivity contribution in [1.29, 1.82) is 0 Å². The van der Waals surface area contributed by atoms with E-state index in [2.05, 4.69) is 14.7 Å². The third-order valence-electron chi connectivity index (χ3n) is 3.49. The fourth-order valence-electron chi connectivity index (χ4n) is 2.43. The Kier molecular flexibility index (Phi) is 3.87. The Morgan fingerprint density at radius 3 is 2.48 bits per heavy atom. The van der Waals surface area contributed by atoms with Crippen LogP contribution in [0, 0.1) is 6.92 Å². The number of pyridine rings is 1. The summed E-state index contributed by atoms with van der Waals surface area (Å²) >= 11 is 0. The van der Waals surface area contributed by atoms with Gasteiger partial charge in [-0.2, -0.15) is 13.2 Å². The van der Waals surface area contributed by atoms with E-state index in [0.29, 0.717) is 5.56 Å². The van der Waals surface area contributed by atoms with E-state index in [1.165, 1.54) is 12.1 Å². The number of alkyl halides is 3. The van der Waals surface area contributed by atoms with Crippen LogP contribution in [0.2, 0.25) is 0 Å². The van der Waals surface area contributed by atoms with Crippen LogP contribution >= 0.6 is 0 Å². The summed E-state index contributed by atoms with van der Waals surface area (Å²) in [4.78, 5) is 16.1. The maximum atomic E-state index is 12.7. The number of anilines is 1. The lowest BCUT2D eigenvalue weighted by Crippen LogP contribution is -2.17. The first-order valence-corrected chi connectivity index (χ1v) is 8.47. The van der Waals surface area contributed by atoms with Gasteiger partial charge in [0.1, 0.15) is 10.7 Å². The van der Waals surface area contributed by atoms with Gasteiger partial charge in [-0.05, 0) is 30.7 Å². The van der Waals surface area contributed by atoms with Gasteiger partial charge in [-0.15, -0.1) is 0 Å². The Labute approximate surface area is 139 Å². The summed E-state index contributed by atoms with van der Waals surface area (Å²) in [6.07, 6.45) is -3.43. The van der Waals surface area contributed by atoms with Gasteiger partial charge in [-0.1, -0.05) is 6.07 Å². The number of fused-ring (bicyclic) bond motifs is 1. The van der Waals surface area contributed by atoms with Crippen LogP contribution in [0.4, 0.5) is 19.0 Å². The molecule has 0 bridgehead atoms. The van der Waals surface area contributed by atoms with Crippen molar-refractivity contribution in [3.05, 3.63) is 58.0 Å². The molecule has 1 aromatic carbocycles. The summed E-state index contributed by atoms with van der Waals surface area (Å²) < 4.78 is 65.4. The predicted octanol–water partition coefficient (Wildman–Crippen LogP) is 2.98. The molecule has 0 spiro atoms. The number of sulfonamides is 1. The minimum Gasteiger partial charge on any atom is -0.360 e. The molecule has 0 amide bonds. The Morgan fingerprint density at radius 2 is 1.84 bits per heavy atom. The molecule has 10 heteroatoms. The number of benzene rings is 1. The van der Waals surface area contributed by atoms with Crippen molar-refractivity contribution in [3.8, 4) is 0 Å². The molecule has 132 valence electrons. The lowest BCUT2D eigenvalue weighted by molar-refractivity contribution is -0.137. The second-order valence-electron chi connectivity index (χ2n) is 5.45. The Hall–Kier alpha value is -2.75. The van der Waals surface area contributed by atoms with E-state index in [1.54, 1.807) is 6.92 Å². The molecule has 0 saturated carbocycles. The number of H-pyrrole nitrogens is 2. The monoisotopic (exact) mass is 371 g/mol. The molecule has 0 aliphatic rings. The van der Waals surface area contributed by atoms with Gasteiger partial charge >= 0.3 is 6.18 Å². The molecule has 6 nitrogen and oxygen atoms in total. The van der Waals surface area contributed by atoms with Crippen LogP contribution in [-0.2, 0) is 16.2 Å². The zero-order chi connectivity index (χ0) is 18.4. The van der Waals surface area contributed by atoms with E-state index in [-0.39, 0.29) is 21.6 Å². The van der Waals surface area contributed by atoms with Gasteiger partial charge in [-0.25, -0.2) is 8.42 Å². The fraction of sp³-hybridized carbons (Fsp3) is 0.133. The number of aryl methyl sites for hydroxylation is 1. The molecule has 25 heavy (non-hydrogen) atoms. The second-order valence-corrected chi connectivity index (χ2v) is 7.10. The maximum absolute atomic E-state index is 12.7. The van der Waals surface area contributed by atoms with Crippen molar-refractivity contribution in [3.63, 3.8) is 0 Å². The smallest absolute Gasteiger partial charge is 0.360 e. The van der Waals surface area contributed by atoms with Crippen molar-refractivity contribution >= 4 is 26.7 Å². The molecule has 0 atom stereocenters. The van der Waals surface area contributed by atoms with E-state index >= 15 is 0 Å². The lowest BCUT2D eigenvalue weighted by atomic mass is 10.1. The number of aromatic amines is 2. The van der Waals surface area contributed by atoms with Crippen LogP contribution in [0.1, 0.15) is 11.1 Å². The molecule has 3 N–H and O–H groups in total. The van der Waals surface area contributed by atoms with Crippen molar-refractivity contribution in [2.75, 3.05) is 4.72 Å². The SMILES string of the molecule is Cc1cc(NS(=O)(=O)c2c[nH]c3cc(C(F)(F)F)ccc23)[nH]c(=O)c1. The van der Waals surface area contributed by atoms with E-state index in [1.807, 2.05) is 0 Å². The van der Waals surface area contributed by atoms with Crippen LogP contribution in [0.25, 0.3) is 10.9 Å². The highest BCUT2D eigenvalue weighted by atomic mass is 32.2. The first kappa shape index (κ1) is 17.1. The zero-order valence-electron chi connectivity index (χ0n) is 12.7. The molecule has 3 rings (SSSR count). The number of aromatic nitrogens is 2. The minimum atomic E-state index is -4.53. The fourth-order valence-corrected chi connectivity index (χ4v) is 3.62. The Morgan fingerprint density at radius 1 is 1.12 bits per heavy atom. The summed E-state index contributed by atoms with van der Waals surface area (Å²) in [6.45, 7) is 1.62. The van der Waals surface area contributed by atoms with Crippen LogP contribution in [0.5, 0.6) is 0 Å². The molecule has 0 aliphatic heterocycles. The molecular formula is C15H12F3N3O3S. The van der Waals surface area contributed by atoms with Crippen molar-refractivity contribution < 1.29 is 21.6 Å². The predicted molar refractivity (Wildman–Crippen MR) is 85.9 cm³/mol. The van der Waals surface area contributed by atoms with Crippen molar-refractivity contribution in [2.45, 2.75) is 18.0 Å². The standard InChI is InChI=1S/C15H12F3N3O3S/c1-8-4-13(20-14(22)5-8)21-25(23,24)12-7-19-11-6-9(15(16,17)18)2-3-10(11)12/h2-7,19H,1H3,(H2,20,21,22). The average molecular weight is 371 g/mol.